The molecule has 3 nitrogen and oxygen atoms in total. The highest BCUT2D eigenvalue weighted by molar-refractivity contribution is 9.10. The van der Waals surface area contributed by atoms with Gasteiger partial charge in [-0.3, -0.25) is 0 Å². The Morgan fingerprint density at radius 2 is 1.46 bits per heavy atom. The third kappa shape index (κ3) is 5.41. The molecule has 0 spiro atoms. The first-order chi connectivity index (χ1) is 16.6. The van der Waals surface area contributed by atoms with Gasteiger partial charge in [0, 0.05) is 23.1 Å². The molecular formula is C29H35BrFNO2Si. The number of hydrogen-bond acceptors (Lipinski definition) is 3. The summed E-state index contributed by atoms with van der Waals surface area (Å²) in [6, 6.07) is 24.7. The van der Waals surface area contributed by atoms with Gasteiger partial charge in [0.05, 0.1) is 24.5 Å². The zero-order chi connectivity index (χ0) is 25.2. The van der Waals surface area contributed by atoms with Crippen LogP contribution in [0.25, 0.3) is 0 Å². The molecule has 1 fully saturated rings. The van der Waals surface area contributed by atoms with Crippen LogP contribution in [0.4, 0.5) is 10.1 Å². The van der Waals surface area contributed by atoms with Crippen molar-refractivity contribution < 1.29 is 13.6 Å². The molecule has 0 amide bonds. The number of anilines is 1. The van der Waals surface area contributed by atoms with Crippen molar-refractivity contribution in [2.75, 3.05) is 18.0 Å². The van der Waals surface area contributed by atoms with E-state index in [1.807, 2.05) is 32.0 Å². The molecule has 0 N–H and O–H groups in total. The molecule has 0 aromatic heterocycles. The summed E-state index contributed by atoms with van der Waals surface area (Å²) in [4.78, 5) is 2.12. The highest BCUT2D eigenvalue weighted by Crippen LogP contribution is 2.39. The lowest BCUT2D eigenvalue weighted by atomic mass is 10.1. The quantitative estimate of drug-likeness (QED) is 0.334. The number of nitrogens with zero attached hydrogens (tertiary/aromatic N) is 1. The van der Waals surface area contributed by atoms with E-state index in [-0.39, 0.29) is 23.1 Å². The molecule has 1 aliphatic rings. The second-order valence-corrected chi connectivity index (χ2v) is 15.7. The summed E-state index contributed by atoms with van der Waals surface area (Å²) in [6.45, 7) is 12.5. The van der Waals surface area contributed by atoms with Crippen LogP contribution in [0.3, 0.4) is 0 Å². The maximum Gasteiger partial charge on any atom is 0.261 e. The van der Waals surface area contributed by atoms with Gasteiger partial charge >= 0.3 is 0 Å². The highest BCUT2D eigenvalue weighted by atomic mass is 79.9. The van der Waals surface area contributed by atoms with Gasteiger partial charge in [0.25, 0.3) is 8.32 Å². The summed E-state index contributed by atoms with van der Waals surface area (Å²) in [5.74, 6) is -0.235. The van der Waals surface area contributed by atoms with Crippen molar-refractivity contribution in [3.8, 4) is 0 Å². The van der Waals surface area contributed by atoms with Gasteiger partial charge in [0.1, 0.15) is 5.82 Å². The van der Waals surface area contributed by atoms with Crippen LogP contribution >= 0.6 is 15.9 Å². The fraction of sp³-hybridized carbons (Fsp3) is 0.379. The van der Waals surface area contributed by atoms with Gasteiger partial charge in [0.2, 0.25) is 0 Å². The topological polar surface area (TPSA) is 21.7 Å². The SMILES string of the molecule is CC1CN(c2c(F)cc(Br)cc2CO[Si](c2ccccc2)(c2ccccc2)C(C)(C)C)CC(C)O1. The van der Waals surface area contributed by atoms with Crippen molar-refractivity contribution in [2.24, 2.45) is 0 Å². The standard InChI is InChI=1S/C29H35BrFNO2Si/c1-21-18-32(19-22(2)34-21)28-23(16-24(30)17-27(28)31)20-33-35(29(3,4)5,25-12-8-6-9-13-25)26-14-10-7-11-15-26/h6-17,21-22H,18-20H2,1-5H3. The maximum absolute atomic E-state index is 15.5. The normalized spacial score (nSPS) is 19.1. The number of ether oxygens (including phenoxy) is 1. The van der Waals surface area contributed by atoms with E-state index >= 15 is 4.39 Å². The van der Waals surface area contributed by atoms with Crippen molar-refractivity contribution in [2.45, 2.75) is 58.5 Å². The lowest BCUT2D eigenvalue weighted by Gasteiger charge is -2.43. The Morgan fingerprint density at radius 1 is 0.943 bits per heavy atom. The van der Waals surface area contributed by atoms with E-state index < -0.39 is 8.32 Å². The van der Waals surface area contributed by atoms with Crippen LogP contribution in [-0.2, 0) is 15.8 Å². The number of hydrogen-bond donors (Lipinski definition) is 0. The molecule has 0 bridgehead atoms. The maximum atomic E-state index is 15.5. The number of halogens is 2. The summed E-state index contributed by atoms with van der Waals surface area (Å²) in [5.41, 5.74) is 1.47. The van der Waals surface area contributed by atoms with Crippen molar-refractivity contribution in [1.29, 1.82) is 0 Å². The van der Waals surface area contributed by atoms with Crippen LogP contribution < -0.4 is 15.3 Å². The van der Waals surface area contributed by atoms with Gasteiger partial charge in [-0.1, -0.05) is 97.4 Å². The van der Waals surface area contributed by atoms with Crippen LogP contribution in [0.2, 0.25) is 5.04 Å². The third-order valence-electron chi connectivity index (χ3n) is 6.70. The molecule has 186 valence electrons. The Bertz CT molecular complexity index is 1090. The Labute approximate surface area is 218 Å². The first-order valence-corrected chi connectivity index (χ1v) is 15.0. The molecule has 4 rings (SSSR count). The van der Waals surface area contributed by atoms with E-state index in [1.54, 1.807) is 6.07 Å². The number of rotatable bonds is 6. The van der Waals surface area contributed by atoms with Crippen LogP contribution in [0.5, 0.6) is 0 Å². The fourth-order valence-corrected chi connectivity index (χ4v) is 10.4. The summed E-state index contributed by atoms with van der Waals surface area (Å²) in [6.07, 6.45) is 0.0690. The zero-order valence-electron chi connectivity index (χ0n) is 21.2. The molecule has 1 aliphatic heterocycles. The summed E-state index contributed by atoms with van der Waals surface area (Å²) in [5, 5.41) is 2.27. The average Bonchev–Trinajstić information content (AvgIpc) is 2.79. The molecule has 0 saturated carbocycles. The predicted molar refractivity (Wildman–Crippen MR) is 149 cm³/mol. The highest BCUT2D eigenvalue weighted by Gasteiger charge is 2.50. The molecule has 6 heteroatoms. The van der Waals surface area contributed by atoms with E-state index in [1.165, 1.54) is 10.4 Å². The summed E-state index contributed by atoms with van der Waals surface area (Å²) < 4.78 is 29.3. The second kappa shape index (κ2) is 10.6. The van der Waals surface area contributed by atoms with Gasteiger partial charge < -0.3 is 14.1 Å². The van der Waals surface area contributed by atoms with Gasteiger partial charge in [-0.05, 0) is 41.4 Å². The van der Waals surface area contributed by atoms with Crippen LogP contribution in [0, 0.1) is 5.82 Å². The Morgan fingerprint density at radius 3 is 1.94 bits per heavy atom. The van der Waals surface area contributed by atoms with Gasteiger partial charge in [-0.2, -0.15) is 0 Å². The van der Waals surface area contributed by atoms with Crippen LogP contribution in [-0.4, -0.2) is 33.6 Å². The minimum Gasteiger partial charge on any atom is -0.403 e. The molecule has 3 aromatic carbocycles. The average molecular weight is 557 g/mol. The first-order valence-electron chi connectivity index (χ1n) is 12.2. The molecule has 3 aromatic rings. The summed E-state index contributed by atoms with van der Waals surface area (Å²) >= 11 is 3.52. The van der Waals surface area contributed by atoms with Crippen molar-refractivity contribution in [3.05, 3.63) is 88.6 Å². The van der Waals surface area contributed by atoms with E-state index in [4.69, 9.17) is 9.16 Å². The Kier molecular flexibility index (Phi) is 7.86. The molecule has 2 atom stereocenters. The molecule has 0 aliphatic carbocycles. The molecule has 1 saturated heterocycles. The van der Waals surface area contributed by atoms with E-state index in [0.29, 0.717) is 29.9 Å². The monoisotopic (exact) mass is 555 g/mol. The van der Waals surface area contributed by atoms with Crippen molar-refractivity contribution in [3.63, 3.8) is 0 Å². The molecule has 35 heavy (non-hydrogen) atoms. The van der Waals surface area contributed by atoms with E-state index in [0.717, 1.165) is 5.56 Å². The number of benzene rings is 3. The second-order valence-electron chi connectivity index (χ2n) is 10.5. The Balaban J connectivity index is 1.81. The lowest BCUT2D eigenvalue weighted by Crippen LogP contribution is -2.66. The first kappa shape index (κ1) is 26.1. The van der Waals surface area contributed by atoms with Crippen LogP contribution in [0.1, 0.15) is 40.2 Å². The summed E-state index contributed by atoms with van der Waals surface area (Å²) in [7, 11) is -2.75. The minimum atomic E-state index is -2.75. The predicted octanol–water partition coefficient (Wildman–Crippen LogP) is 6.28. The molecular weight excluding hydrogens is 521 g/mol. The molecule has 1 heterocycles. The van der Waals surface area contributed by atoms with Crippen molar-refractivity contribution >= 4 is 40.3 Å². The van der Waals surface area contributed by atoms with E-state index in [9.17, 15) is 0 Å². The van der Waals surface area contributed by atoms with Gasteiger partial charge in [-0.25, -0.2) is 4.39 Å². The number of morpholine rings is 1. The minimum absolute atomic E-state index is 0.0345. The molecule has 2 unspecified atom stereocenters. The molecule has 0 radical (unpaired) electrons. The van der Waals surface area contributed by atoms with E-state index in [2.05, 4.69) is 90.1 Å². The third-order valence-corrected chi connectivity index (χ3v) is 12.1. The smallest absolute Gasteiger partial charge is 0.261 e. The largest absolute Gasteiger partial charge is 0.403 e. The van der Waals surface area contributed by atoms with Crippen LogP contribution in [0.15, 0.2) is 77.3 Å². The lowest BCUT2D eigenvalue weighted by molar-refractivity contribution is -0.00549. The van der Waals surface area contributed by atoms with Gasteiger partial charge in [0.15, 0.2) is 0 Å². The fourth-order valence-electron chi connectivity index (χ4n) is 5.39. The Hall–Kier alpha value is -1.99. The van der Waals surface area contributed by atoms with Gasteiger partial charge in [-0.15, -0.1) is 0 Å². The van der Waals surface area contributed by atoms with Crippen molar-refractivity contribution in [1.82, 2.24) is 0 Å². The zero-order valence-corrected chi connectivity index (χ0v) is 23.8.